The lowest BCUT2D eigenvalue weighted by Crippen LogP contribution is -2.43. The maximum absolute atomic E-state index is 11.8. The Balaban J connectivity index is 2.00. The fourth-order valence-corrected chi connectivity index (χ4v) is 2.53. The molecule has 1 atom stereocenters. The van der Waals surface area contributed by atoms with Crippen LogP contribution in [0.5, 0.6) is 0 Å². The standard InChI is InChI=1S/C13H13NO3/c15-12-5-7-14(11-6-8-17-13(11)16)10-4-2-1-3-9(10)12/h1-4,11H,5-8H2. The van der Waals surface area contributed by atoms with Gasteiger partial charge in [-0.05, 0) is 12.1 Å². The zero-order valence-electron chi connectivity index (χ0n) is 9.39. The van der Waals surface area contributed by atoms with Crippen molar-refractivity contribution in [2.45, 2.75) is 18.9 Å². The highest BCUT2D eigenvalue weighted by Gasteiger charge is 2.36. The Hall–Kier alpha value is -1.84. The molecule has 3 rings (SSSR count). The summed E-state index contributed by atoms with van der Waals surface area (Å²) in [7, 11) is 0. The van der Waals surface area contributed by atoms with E-state index in [0.717, 1.165) is 11.3 Å². The predicted molar refractivity (Wildman–Crippen MR) is 62.1 cm³/mol. The highest BCUT2D eigenvalue weighted by atomic mass is 16.5. The van der Waals surface area contributed by atoms with Gasteiger partial charge in [-0.2, -0.15) is 0 Å². The van der Waals surface area contributed by atoms with Crippen LogP contribution in [0.15, 0.2) is 24.3 Å². The summed E-state index contributed by atoms with van der Waals surface area (Å²) in [4.78, 5) is 25.4. The Morgan fingerprint density at radius 1 is 1.24 bits per heavy atom. The van der Waals surface area contributed by atoms with Crippen molar-refractivity contribution < 1.29 is 14.3 Å². The van der Waals surface area contributed by atoms with Gasteiger partial charge in [-0.1, -0.05) is 12.1 Å². The largest absolute Gasteiger partial charge is 0.464 e. The van der Waals surface area contributed by atoms with Gasteiger partial charge in [-0.25, -0.2) is 4.79 Å². The average molecular weight is 231 g/mol. The summed E-state index contributed by atoms with van der Waals surface area (Å²) in [5.41, 5.74) is 1.59. The van der Waals surface area contributed by atoms with E-state index in [1.54, 1.807) is 0 Å². The zero-order valence-corrected chi connectivity index (χ0v) is 9.39. The van der Waals surface area contributed by atoms with E-state index in [0.29, 0.717) is 26.0 Å². The molecular weight excluding hydrogens is 218 g/mol. The average Bonchev–Trinajstić information content (AvgIpc) is 2.77. The van der Waals surface area contributed by atoms with E-state index in [4.69, 9.17) is 4.74 Å². The molecule has 1 saturated heterocycles. The van der Waals surface area contributed by atoms with Crippen molar-refractivity contribution in [3.05, 3.63) is 29.8 Å². The summed E-state index contributed by atoms with van der Waals surface area (Å²) < 4.78 is 5.00. The van der Waals surface area contributed by atoms with Gasteiger partial charge < -0.3 is 9.64 Å². The van der Waals surface area contributed by atoms with Crippen molar-refractivity contribution in [1.29, 1.82) is 0 Å². The van der Waals surface area contributed by atoms with Gasteiger partial charge in [-0.15, -0.1) is 0 Å². The number of Topliss-reactive ketones (excluding diaryl/α,β-unsaturated/α-hetero) is 1. The zero-order chi connectivity index (χ0) is 11.8. The maximum Gasteiger partial charge on any atom is 0.328 e. The number of ether oxygens (including phenoxy) is 1. The van der Waals surface area contributed by atoms with E-state index in [-0.39, 0.29) is 17.8 Å². The van der Waals surface area contributed by atoms with Crippen LogP contribution in [0.2, 0.25) is 0 Å². The third-order valence-electron chi connectivity index (χ3n) is 3.38. The number of rotatable bonds is 1. The topological polar surface area (TPSA) is 46.6 Å². The van der Waals surface area contributed by atoms with Crippen LogP contribution in [0, 0.1) is 0 Å². The summed E-state index contributed by atoms with van der Waals surface area (Å²) in [5.74, 6) is -0.0163. The number of cyclic esters (lactones) is 1. The number of hydrogen-bond acceptors (Lipinski definition) is 4. The first-order chi connectivity index (χ1) is 8.27. The molecule has 88 valence electrons. The molecule has 4 nitrogen and oxygen atoms in total. The van der Waals surface area contributed by atoms with Crippen LogP contribution in [-0.2, 0) is 9.53 Å². The number of esters is 1. The molecule has 0 spiro atoms. The molecule has 0 amide bonds. The molecule has 0 aromatic heterocycles. The lowest BCUT2D eigenvalue weighted by atomic mass is 9.98. The molecule has 0 radical (unpaired) electrons. The lowest BCUT2D eigenvalue weighted by Gasteiger charge is -2.33. The number of ketones is 1. The van der Waals surface area contributed by atoms with Crippen LogP contribution in [0.4, 0.5) is 5.69 Å². The van der Waals surface area contributed by atoms with Crippen LogP contribution >= 0.6 is 0 Å². The summed E-state index contributed by atoms with van der Waals surface area (Å²) in [5, 5.41) is 0. The van der Waals surface area contributed by atoms with Crippen molar-refractivity contribution in [3.63, 3.8) is 0 Å². The molecular formula is C13H13NO3. The second-order valence-electron chi connectivity index (χ2n) is 4.36. The van der Waals surface area contributed by atoms with Crippen molar-refractivity contribution in [1.82, 2.24) is 0 Å². The summed E-state index contributed by atoms with van der Waals surface area (Å²) in [6.07, 6.45) is 1.18. The van der Waals surface area contributed by atoms with Gasteiger partial charge in [0.2, 0.25) is 0 Å². The highest BCUT2D eigenvalue weighted by Crippen LogP contribution is 2.30. The first-order valence-corrected chi connectivity index (χ1v) is 5.83. The Labute approximate surface area is 99.2 Å². The molecule has 2 aliphatic rings. The Morgan fingerprint density at radius 3 is 2.82 bits per heavy atom. The molecule has 0 N–H and O–H groups in total. The molecule has 0 aliphatic carbocycles. The minimum Gasteiger partial charge on any atom is -0.464 e. The van der Waals surface area contributed by atoms with Crippen LogP contribution in [-0.4, -0.2) is 30.9 Å². The number of nitrogens with zero attached hydrogens (tertiary/aromatic N) is 1. The molecule has 17 heavy (non-hydrogen) atoms. The first kappa shape index (κ1) is 10.3. The SMILES string of the molecule is O=C1CCN(C2CCOC2=O)c2ccccc21. The molecule has 1 unspecified atom stereocenters. The van der Waals surface area contributed by atoms with E-state index >= 15 is 0 Å². The predicted octanol–water partition coefficient (Wildman–Crippen LogP) is 1.39. The Bertz CT molecular complexity index is 483. The maximum atomic E-state index is 11.8. The van der Waals surface area contributed by atoms with Crippen LogP contribution in [0.25, 0.3) is 0 Å². The molecule has 1 fully saturated rings. The first-order valence-electron chi connectivity index (χ1n) is 5.83. The fourth-order valence-electron chi connectivity index (χ4n) is 2.53. The number of fused-ring (bicyclic) bond motifs is 1. The number of carbonyl (C=O) groups is 2. The summed E-state index contributed by atoms with van der Waals surface area (Å²) in [6, 6.07) is 7.25. The van der Waals surface area contributed by atoms with Crippen molar-refractivity contribution in [2.24, 2.45) is 0 Å². The van der Waals surface area contributed by atoms with Gasteiger partial charge in [0.15, 0.2) is 5.78 Å². The third-order valence-corrected chi connectivity index (χ3v) is 3.38. The van der Waals surface area contributed by atoms with Crippen molar-refractivity contribution in [3.8, 4) is 0 Å². The van der Waals surface area contributed by atoms with Crippen LogP contribution in [0.1, 0.15) is 23.2 Å². The highest BCUT2D eigenvalue weighted by molar-refractivity contribution is 6.04. The summed E-state index contributed by atoms with van der Waals surface area (Å²) >= 11 is 0. The van der Waals surface area contributed by atoms with Gasteiger partial charge in [0, 0.05) is 30.6 Å². The van der Waals surface area contributed by atoms with Gasteiger partial charge in [0.1, 0.15) is 6.04 Å². The number of hydrogen-bond donors (Lipinski definition) is 0. The van der Waals surface area contributed by atoms with E-state index in [1.165, 1.54) is 0 Å². The summed E-state index contributed by atoms with van der Waals surface area (Å²) in [6.45, 7) is 1.09. The smallest absolute Gasteiger partial charge is 0.328 e. The minimum absolute atomic E-state index is 0.156. The molecule has 1 aromatic carbocycles. The molecule has 2 aliphatic heterocycles. The molecule has 0 bridgehead atoms. The monoisotopic (exact) mass is 231 g/mol. The normalized spacial score (nSPS) is 23.5. The van der Waals surface area contributed by atoms with Crippen molar-refractivity contribution in [2.75, 3.05) is 18.1 Å². The number of para-hydroxylation sites is 1. The van der Waals surface area contributed by atoms with Crippen molar-refractivity contribution >= 4 is 17.4 Å². The second kappa shape index (κ2) is 3.87. The Morgan fingerprint density at radius 2 is 2.06 bits per heavy atom. The van der Waals surface area contributed by atoms with Crippen LogP contribution in [0.3, 0.4) is 0 Å². The number of anilines is 1. The van der Waals surface area contributed by atoms with E-state index in [9.17, 15) is 9.59 Å². The van der Waals surface area contributed by atoms with E-state index in [2.05, 4.69) is 0 Å². The molecule has 1 aromatic rings. The third kappa shape index (κ3) is 1.60. The van der Waals surface area contributed by atoms with Gasteiger partial charge in [-0.3, -0.25) is 4.79 Å². The Kier molecular flexibility index (Phi) is 2.35. The lowest BCUT2D eigenvalue weighted by molar-refractivity contribution is -0.139. The molecule has 0 saturated carbocycles. The minimum atomic E-state index is -0.218. The van der Waals surface area contributed by atoms with E-state index in [1.807, 2.05) is 29.2 Å². The molecule has 4 heteroatoms. The van der Waals surface area contributed by atoms with Gasteiger partial charge in [0.25, 0.3) is 0 Å². The second-order valence-corrected chi connectivity index (χ2v) is 4.36. The van der Waals surface area contributed by atoms with Crippen LogP contribution < -0.4 is 4.90 Å². The fraction of sp³-hybridized carbons (Fsp3) is 0.385. The quantitative estimate of drug-likeness (QED) is 0.685. The van der Waals surface area contributed by atoms with Gasteiger partial charge in [0.05, 0.1) is 6.61 Å². The molecule has 2 heterocycles. The number of carbonyl (C=O) groups excluding carboxylic acids is 2. The number of benzene rings is 1. The van der Waals surface area contributed by atoms with Gasteiger partial charge >= 0.3 is 5.97 Å². The van der Waals surface area contributed by atoms with E-state index < -0.39 is 0 Å².